The Hall–Kier alpha value is -4.78. The fourth-order valence-corrected chi connectivity index (χ4v) is 6.96. The molecule has 0 fully saturated rings. The van der Waals surface area contributed by atoms with E-state index in [1.54, 1.807) is 19.9 Å². The van der Waals surface area contributed by atoms with Gasteiger partial charge < -0.3 is 14.5 Å². The maximum Gasteiger partial charge on any atom is 0.339 e. The van der Waals surface area contributed by atoms with E-state index in [0.29, 0.717) is 46.6 Å². The van der Waals surface area contributed by atoms with Crippen LogP contribution in [0.3, 0.4) is 0 Å². The average Bonchev–Trinajstić information content (AvgIpc) is 3.11. The van der Waals surface area contributed by atoms with Crippen LogP contribution in [0.4, 0.5) is 5.69 Å². The van der Waals surface area contributed by atoms with E-state index in [9.17, 15) is 14.4 Å². The van der Waals surface area contributed by atoms with Gasteiger partial charge >= 0.3 is 5.97 Å². The molecule has 268 valence electrons. The van der Waals surface area contributed by atoms with Gasteiger partial charge in [0.05, 0.1) is 10.9 Å². The second kappa shape index (κ2) is 17.0. The molecule has 0 aromatic heterocycles. The van der Waals surface area contributed by atoms with Gasteiger partial charge in [0.15, 0.2) is 11.6 Å². The number of esters is 1. The molecule has 2 aromatic carbocycles. The molecular formula is C44H52N2O5. The van der Waals surface area contributed by atoms with Crippen LogP contribution < -0.4 is 10.7 Å². The third kappa shape index (κ3) is 8.24. The normalized spacial score (nSPS) is 14.4. The molecule has 0 radical (unpaired) electrons. The molecule has 1 unspecified atom stereocenters. The number of nitrogens with one attached hydrogen (secondary N) is 1. The molecule has 7 nitrogen and oxygen atoms in total. The molecule has 3 aliphatic rings. The summed E-state index contributed by atoms with van der Waals surface area (Å²) in [4.78, 5) is 45.6. The third-order valence-corrected chi connectivity index (χ3v) is 9.98. The molecule has 0 saturated heterocycles. The van der Waals surface area contributed by atoms with E-state index in [1.807, 2.05) is 44.2 Å². The van der Waals surface area contributed by atoms with Crippen molar-refractivity contribution in [3.63, 3.8) is 0 Å². The van der Waals surface area contributed by atoms with Gasteiger partial charge in [0.2, 0.25) is 0 Å². The molecule has 7 heteroatoms. The van der Waals surface area contributed by atoms with Crippen LogP contribution in [0.5, 0.6) is 0 Å². The fourth-order valence-electron chi connectivity index (χ4n) is 6.96. The smallest absolute Gasteiger partial charge is 0.339 e. The summed E-state index contributed by atoms with van der Waals surface area (Å²) in [6, 6.07) is 15.6. The lowest BCUT2D eigenvalue weighted by molar-refractivity contribution is -0.116. The van der Waals surface area contributed by atoms with Gasteiger partial charge in [-0.2, -0.15) is 0 Å². The highest BCUT2D eigenvalue weighted by atomic mass is 16.5. The van der Waals surface area contributed by atoms with E-state index in [-0.39, 0.29) is 17.1 Å². The minimum absolute atomic E-state index is 0.217. The topological polar surface area (TPSA) is 98.0 Å². The first kappa shape index (κ1) is 37.5. The number of rotatable bonds is 15. The molecule has 0 amide bonds. The second-order valence-electron chi connectivity index (χ2n) is 13.7. The molecule has 2 aliphatic carbocycles. The summed E-state index contributed by atoms with van der Waals surface area (Å²) in [6.45, 7) is 15.1. The van der Waals surface area contributed by atoms with E-state index in [1.165, 1.54) is 25.3 Å². The highest BCUT2D eigenvalue weighted by Crippen LogP contribution is 2.43. The molecule has 0 bridgehead atoms. The van der Waals surface area contributed by atoms with Crippen LogP contribution in [0.1, 0.15) is 107 Å². The van der Waals surface area contributed by atoms with Crippen molar-refractivity contribution in [3.8, 4) is 22.5 Å². The van der Waals surface area contributed by atoms with Gasteiger partial charge in [0, 0.05) is 64.1 Å². The first-order valence-electron chi connectivity index (χ1n) is 18.6. The molecule has 0 saturated carbocycles. The molecule has 5 rings (SSSR count). The maximum atomic E-state index is 14.4. The number of anilines is 1. The average molecular weight is 689 g/mol. The van der Waals surface area contributed by atoms with Crippen molar-refractivity contribution in [1.82, 2.24) is 0 Å². The molecule has 1 heterocycles. The first-order valence-corrected chi connectivity index (χ1v) is 18.6. The van der Waals surface area contributed by atoms with Gasteiger partial charge in [-0.15, -0.1) is 0 Å². The van der Waals surface area contributed by atoms with Crippen molar-refractivity contribution < 1.29 is 23.5 Å². The lowest BCUT2D eigenvalue weighted by Crippen LogP contribution is -2.29. The molecule has 51 heavy (non-hydrogen) atoms. The zero-order valence-corrected chi connectivity index (χ0v) is 31.3. The van der Waals surface area contributed by atoms with E-state index < -0.39 is 12.1 Å². The summed E-state index contributed by atoms with van der Waals surface area (Å²) in [5.74, 6) is -0.332. The lowest BCUT2D eigenvalue weighted by atomic mass is 9.86. The third-order valence-electron chi connectivity index (χ3n) is 9.98. The Kier molecular flexibility index (Phi) is 12.5. The summed E-state index contributed by atoms with van der Waals surface area (Å²) < 4.78 is 12.9. The highest BCUT2D eigenvalue weighted by molar-refractivity contribution is 6.22. The van der Waals surface area contributed by atoms with Crippen molar-refractivity contribution in [3.05, 3.63) is 93.4 Å². The maximum absolute atomic E-state index is 14.4. The predicted molar refractivity (Wildman–Crippen MR) is 206 cm³/mol. The minimum Gasteiger partial charge on any atom is -0.456 e. The number of Topliss-reactive ketones (excluding diaryl/α,β-unsaturated/α-hetero) is 1. The zero-order chi connectivity index (χ0) is 36.7. The molecule has 2 aromatic rings. The number of ether oxygens (including phenoxy) is 1. The number of ketones is 2. The number of nitrogens with zero attached hydrogens (tertiary/aromatic N) is 1. The van der Waals surface area contributed by atoms with Gasteiger partial charge in [-0.05, 0) is 95.3 Å². The monoisotopic (exact) mass is 688 g/mol. The summed E-state index contributed by atoms with van der Waals surface area (Å²) in [7, 11) is 0. The number of carbonyl (C=O) groups is 3. The van der Waals surface area contributed by atoms with Gasteiger partial charge in [-0.25, -0.2) is 4.79 Å². The zero-order valence-electron chi connectivity index (χ0n) is 31.3. The molecule has 1 aliphatic heterocycles. The number of hydrogen-bond donors (Lipinski definition) is 1. The number of carbonyl (C=O) groups excluding carboxylic acids is 3. The minimum atomic E-state index is -0.842. The van der Waals surface area contributed by atoms with Crippen LogP contribution in [-0.2, 0) is 14.3 Å². The Morgan fingerprint density at radius 1 is 0.843 bits per heavy atom. The molecule has 0 spiro atoms. The fraction of sp³-hybridized carbons (Fsp3) is 0.409. The van der Waals surface area contributed by atoms with Crippen LogP contribution in [-0.4, -0.2) is 36.7 Å². The predicted octanol–water partition coefficient (Wildman–Crippen LogP) is 10.3. The van der Waals surface area contributed by atoms with E-state index in [0.717, 1.165) is 70.9 Å². The number of hydrogen-bond acceptors (Lipinski definition) is 7. The molecule has 1 N–H and O–H groups in total. The second-order valence-corrected chi connectivity index (χ2v) is 13.7. The lowest BCUT2D eigenvalue weighted by Gasteiger charge is -2.24. The van der Waals surface area contributed by atoms with E-state index >= 15 is 0 Å². The largest absolute Gasteiger partial charge is 0.456 e. The number of aryl methyl sites for hydroxylation is 2. The van der Waals surface area contributed by atoms with Crippen molar-refractivity contribution in [2.75, 3.05) is 18.4 Å². The Labute approximate surface area is 302 Å². The summed E-state index contributed by atoms with van der Waals surface area (Å²) in [6.07, 6.45) is 8.58. The summed E-state index contributed by atoms with van der Waals surface area (Å²) in [5, 5.41) is 5.16. The number of unbranched alkanes of at least 4 members (excludes halogenated alkanes) is 6. The summed E-state index contributed by atoms with van der Waals surface area (Å²) in [5.41, 5.74) is 7.59. The number of allylic oxidation sites excluding steroid dienone is 3. The van der Waals surface area contributed by atoms with Crippen molar-refractivity contribution >= 4 is 34.2 Å². The van der Waals surface area contributed by atoms with Crippen LogP contribution in [0.15, 0.2) is 80.7 Å². The van der Waals surface area contributed by atoms with Gasteiger partial charge in [-0.3, -0.25) is 14.6 Å². The Bertz CT molecular complexity index is 2050. The first-order chi connectivity index (χ1) is 24.6. The van der Waals surface area contributed by atoms with Crippen LogP contribution in [0, 0.1) is 13.8 Å². The highest BCUT2D eigenvalue weighted by Gasteiger charge is 2.32. The SMILES string of the molecule is CCCCCCCCCC(OC(=O)c1ccccc1-c1c2cc(C)c(=NCC)cc-2oc2cc(NCC)c(C)cc12)C1=CC(=O)C(C)=C(C)C1=O. The summed E-state index contributed by atoms with van der Waals surface area (Å²) >= 11 is 0. The van der Waals surface area contributed by atoms with E-state index in [2.05, 4.69) is 43.2 Å². The Morgan fingerprint density at radius 2 is 1.57 bits per heavy atom. The van der Waals surface area contributed by atoms with Crippen molar-refractivity contribution in [2.24, 2.45) is 4.99 Å². The quantitative estimate of drug-likeness (QED) is 0.0578. The van der Waals surface area contributed by atoms with Gasteiger partial charge in [0.1, 0.15) is 17.4 Å². The standard InChI is InChI=1S/C44H52N2O5/c1-8-11-12-13-14-15-16-21-39(35-24-38(47)29(6)30(7)43(35)48)51-44(49)32-20-18-17-19-31(32)42-33-22-27(4)36(45-9-2)25-40(33)50-41-26-37(46-10-3)28(5)23-34(41)42/h17-20,22-26,39,45H,8-16,21H2,1-7H3. The number of fused-ring (bicyclic) bond motifs is 2. The van der Waals surface area contributed by atoms with Gasteiger partial charge in [0.25, 0.3) is 0 Å². The number of benzene rings is 3. The van der Waals surface area contributed by atoms with Crippen LogP contribution in [0.25, 0.3) is 33.4 Å². The van der Waals surface area contributed by atoms with Crippen molar-refractivity contribution in [1.29, 1.82) is 0 Å². The van der Waals surface area contributed by atoms with Crippen LogP contribution >= 0.6 is 0 Å². The van der Waals surface area contributed by atoms with Crippen LogP contribution in [0.2, 0.25) is 0 Å². The molecule has 1 atom stereocenters. The van der Waals surface area contributed by atoms with Gasteiger partial charge in [-0.1, -0.05) is 63.6 Å². The Balaban J connectivity index is 1.60. The van der Waals surface area contributed by atoms with Crippen molar-refractivity contribution in [2.45, 2.75) is 106 Å². The Morgan fingerprint density at radius 3 is 2.29 bits per heavy atom. The molecular weight excluding hydrogens is 636 g/mol. The van der Waals surface area contributed by atoms with E-state index in [4.69, 9.17) is 9.15 Å².